The Hall–Kier alpha value is -2.69. The molecule has 1 unspecified atom stereocenters. The average Bonchev–Trinajstić information content (AvgIpc) is 2.81. The number of anilines is 1. The third-order valence-corrected chi connectivity index (χ3v) is 6.31. The van der Waals surface area contributed by atoms with Gasteiger partial charge in [-0.2, -0.15) is 10.2 Å². The third-order valence-electron chi connectivity index (χ3n) is 5.29. The maximum absolute atomic E-state index is 11.9. The van der Waals surface area contributed by atoms with E-state index in [-0.39, 0.29) is 18.9 Å². The monoisotopic (exact) mass is 522 g/mol. The molecule has 0 bridgehead atoms. The molecule has 1 N–H and O–H groups in total. The van der Waals surface area contributed by atoms with Crippen molar-refractivity contribution in [3.63, 3.8) is 0 Å². The van der Waals surface area contributed by atoms with Crippen molar-refractivity contribution in [3.8, 4) is 0 Å². The predicted molar refractivity (Wildman–Crippen MR) is 140 cm³/mol. The van der Waals surface area contributed by atoms with Crippen LogP contribution in [0.15, 0.2) is 58.8 Å². The number of unbranched alkanes of at least 4 members (excludes halogenated alkanes) is 3. The van der Waals surface area contributed by atoms with Gasteiger partial charge < -0.3 is 14.3 Å². The summed E-state index contributed by atoms with van der Waals surface area (Å²) in [6.45, 7) is 1.87. The van der Waals surface area contributed by atoms with Gasteiger partial charge in [-0.3, -0.25) is 19.2 Å². The number of phosphoric acid groups is 1. The Morgan fingerprint density at radius 2 is 1.44 bits per heavy atom. The van der Waals surface area contributed by atoms with E-state index in [2.05, 4.69) is 15.1 Å². The molecule has 198 valence electrons. The van der Waals surface area contributed by atoms with Crippen LogP contribution in [0.2, 0.25) is 0 Å². The summed E-state index contributed by atoms with van der Waals surface area (Å²) in [5, 5.41) is 19.0. The number of likely N-dealkylation sites (N-methyl/N-ethyl adjacent to an activating group) is 1. The Labute approximate surface area is 212 Å². The Morgan fingerprint density at radius 1 is 0.917 bits per heavy atom. The van der Waals surface area contributed by atoms with Gasteiger partial charge in [0.25, 0.3) is 5.69 Å². The highest BCUT2D eigenvalue weighted by Gasteiger charge is 2.22. The first kappa shape index (κ1) is 29.5. The minimum atomic E-state index is -3.98. The van der Waals surface area contributed by atoms with Gasteiger partial charge in [-0.15, -0.1) is 0 Å². The van der Waals surface area contributed by atoms with E-state index in [1.807, 2.05) is 52.5 Å². The smallest absolute Gasteiger partial charge is 0.375 e. The molecule has 12 heteroatoms. The standard InChI is InChI=1S/C24H36N5O6P/c1-27(17-7-5-6-8-19-34-36(32,33)35-20-18-29(2,3)4)23-13-9-21(10-14-23)25-26-22-11-15-24(16-12-22)28(30)31/h9-16H,5-8,17-20H2,1-4H3/p+1. The summed E-state index contributed by atoms with van der Waals surface area (Å²) < 4.78 is 22.6. The van der Waals surface area contributed by atoms with Gasteiger partial charge >= 0.3 is 7.82 Å². The molecule has 0 aliphatic rings. The molecule has 11 nitrogen and oxygen atoms in total. The van der Waals surface area contributed by atoms with Crippen molar-refractivity contribution < 1.29 is 27.9 Å². The van der Waals surface area contributed by atoms with Crippen molar-refractivity contribution in [2.75, 3.05) is 59.4 Å². The van der Waals surface area contributed by atoms with E-state index in [0.29, 0.717) is 28.8 Å². The largest absolute Gasteiger partial charge is 0.472 e. The number of hydrogen-bond acceptors (Lipinski definition) is 8. The van der Waals surface area contributed by atoms with E-state index < -0.39 is 12.7 Å². The van der Waals surface area contributed by atoms with Gasteiger partial charge in [-0.05, 0) is 49.2 Å². The summed E-state index contributed by atoms with van der Waals surface area (Å²) in [6.07, 6.45) is 3.55. The molecule has 0 aromatic heterocycles. The fourth-order valence-electron chi connectivity index (χ4n) is 3.11. The Kier molecular flexibility index (Phi) is 11.6. The van der Waals surface area contributed by atoms with Crippen LogP contribution in [-0.4, -0.2) is 68.8 Å². The van der Waals surface area contributed by atoms with E-state index in [1.54, 1.807) is 12.1 Å². The summed E-state index contributed by atoms with van der Waals surface area (Å²) in [7, 11) is 3.99. The van der Waals surface area contributed by atoms with Crippen molar-refractivity contribution in [2.45, 2.75) is 25.7 Å². The summed E-state index contributed by atoms with van der Waals surface area (Å²) in [6, 6.07) is 13.6. The fourth-order valence-corrected chi connectivity index (χ4v) is 3.86. The topological polar surface area (TPSA) is 127 Å². The van der Waals surface area contributed by atoms with Gasteiger partial charge in [0.2, 0.25) is 0 Å². The minimum absolute atomic E-state index is 0.0156. The van der Waals surface area contributed by atoms with E-state index in [0.717, 1.165) is 31.5 Å². The maximum atomic E-state index is 11.9. The number of nitro groups is 1. The van der Waals surface area contributed by atoms with Gasteiger partial charge in [0.1, 0.15) is 13.2 Å². The van der Waals surface area contributed by atoms with Crippen LogP contribution in [0.25, 0.3) is 0 Å². The highest BCUT2D eigenvalue weighted by atomic mass is 31.2. The average molecular weight is 523 g/mol. The second-order valence-electron chi connectivity index (χ2n) is 9.47. The predicted octanol–water partition coefficient (Wildman–Crippen LogP) is 5.85. The van der Waals surface area contributed by atoms with Gasteiger partial charge in [0.15, 0.2) is 0 Å². The lowest BCUT2D eigenvalue weighted by atomic mass is 10.2. The first-order chi connectivity index (χ1) is 17.0. The molecule has 0 aliphatic carbocycles. The zero-order valence-electron chi connectivity index (χ0n) is 21.4. The normalized spacial score (nSPS) is 13.6. The quantitative estimate of drug-likeness (QED) is 0.0732. The summed E-state index contributed by atoms with van der Waals surface area (Å²) >= 11 is 0. The van der Waals surface area contributed by atoms with Crippen molar-refractivity contribution in [1.29, 1.82) is 0 Å². The Morgan fingerprint density at radius 3 is 2.00 bits per heavy atom. The van der Waals surface area contributed by atoms with E-state index >= 15 is 0 Å². The van der Waals surface area contributed by atoms with Crippen LogP contribution in [0, 0.1) is 10.1 Å². The van der Waals surface area contributed by atoms with E-state index in [1.165, 1.54) is 12.1 Å². The van der Waals surface area contributed by atoms with Crippen LogP contribution in [0.1, 0.15) is 25.7 Å². The lowest BCUT2D eigenvalue weighted by Crippen LogP contribution is -2.37. The highest BCUT2D eigenvalue weighted by Crippen LogP contribution is 2.43. The molecular weight excluding hydrogens is 485 g/mol. The molecule has 0 spiro atoms. The second kappa shape index (κ2) is 14.2. The number of nitrogens with zero attached hydrogens (tertiary/aromatic N) is 5. The molecule has 0 saturated carbocycles. The zero-order chi connectivity index (χ0) is 26.6. The van der Waals surface area contributed by atoms with Crippen molar-refractivity contribution in [2.24, 2.45) is 10.2 Å². The number of benzene rings is 2. The van der Waals surface area contributed by atoms with Gasteiger partial charge in [0, 0.05) is 31.4 Å². The first-order valence-corrected chi connectivity index (χ1v) is 13.3. The van der Waals surface area contributed by atoms with Gasteiger partial charge in [-0.1, -0.05) is 12.8 Å². The van der Waals surface area contributed by atoms with Gasteiger partial charge in [-0.25, -0.2) is 4.57 Å². The zero-order valence-corrected chi connectivity index (χ0v) is 22.3. The van der Waals surface area contributed by atoms with Crippen LogP contribution >= 0.6 is 7.82 Å². The lowest BCUT2D eigenvalue weighted by molar-refractivity contribution is -0.870. The number of hydrogen-bond donors (Lipinski definition) is 1. The fraction of sp³-hybridized carbons (Fsp3) is 0.500. The molecule has 0 radical (unpaired) electrons. The minimum Gasteiger partial charge on any atom is -0.375 e. The summed E-state index contributed by atoms with van der Waals surface area (Å²) in [4.78, 5) is 22.1. The SMILES string of the molecule is CN(CCCCCCOP(=O)(O)OCC[N+](C)(C)C)c1ccc(N=Nc2ccc([N+](=O)[O-])cc2)cc1. The number of quaternary nitrogens is 1. The van der Waals surface area contributed by atoms with E-state index in [9.17, 15) is 19.6 Å². The molecule has 0 heterocycles. The van der Waals surface area contributed by atoms with Crippen molar-refractivity contribution in [3.05, 3.63) is 58.6 Å². The number of azo groups is 1. The number of phosphoric ester groups is 1. The summed E-state index contributed by atoms with van der Waals surface area (Å²) in [5.41, 5.74) is 2.30. The molecule has 2 aromatic carbocycles. The summed E-state index contributed by atoms with van der Waals surface area (Å²) in [5.74, 6) is 0. The Bertz CT molecular complexity index is 1020. The first-order valence-electron chi connectivity index (χ1n) is 11.8. The van der Waals surface area contributed by atoms with Gasteiger partial charge in [0.05, 0.1) is 44.0 Å². The number of nitro benzene ring substituents is 1. The maximum Gasteiger partial charge on any atom is 0.472 e. The Balaban J connectivity index is 1.63. The van der Waals surface area contributed by atoms with Crippen molar-refractivity contribution in [1.82, 2.24) is 0 Å². The number of rotatable bonds is 16. The van der Waals surface area contributed by atoms with Crippen LogP contribution in [-0.2, 0) is 13.6 Å². The van der Waals surface area contributed by atoms with Crippen molar-refractivity contribution >= 4 is 30.6 Å². The molecule has 1 atom stereocenters. The molecule has 0 aliphatic heterocycles. The molecule has 0 saturated heterocycles. The molecule has 0 amide bonds. The van der Waals surface area contributed by atoms with Crippen LogP contribution in [0.3, 0.4) is 0 Å². The molecule has 2 rings (SSSR count). The lowest BCUT2D eigenvalue weighted by Gasteiger charge is -2.24. The van der Waals surface area contributed by atoms with E-state index in [4.69, 9.17) is 9.05 Å². The molecule has 2 aromatic rings. The number of non-ortho nitro benzene ring substituents is 1. The molecule has 36 heavy (non-hydrogen) atoms. The highest BCUT2D eigenvalue weighted by molar-refractivity contribution is 7.47. The second-order valence-corrected chi connectivity index (χ2v) is 10.9. The molecular formula is C24H37N5O6P+. The van der Waals surface area contributed by atoms with Crippen LogP contribution in [0.5, 0.6) is 0 Å². The van der Waals surface area contributed by atoms with Crippen LogP contribution < -0.4 is 4.90 Å². The third kappa shape index (κ3) is 11.8. The van der Waals surface area contributed by atoms with Crippen LogP contribution in [0.4, 0.5) is 22.7 Å². The molecule has 0 fully saturated rings.